The van der Waals surface area contributed by atoms with Crippen LogP contribution in [-0.2, 0) is 0 Å². The average molecular weight is 296 g/mol. The minimum absolute atomic E-state index is 0.00195. The molecule has 3 rings (SSSR count). The Labute approximate surface area is 121 Å². The van der Waals surface area contributed by atoms with Crippen molar-refractivity contribution < 1.29 is 3.96 Å². The molecule has 1 heterocycles. The summed E-state index contributed by atoms with van der Waals surface area (Å²) >= 11 is 7.34. The summed E-state index contributed by atoms with van der Waals surface area (Å²) in [6.45, 7) is 0. The summed E-state index contributed by atoms with van der Waals surface area (Å²) < 4.78 is 5.02. The normalized spacial score (nSPS) is 16.7. The maximum Gasteiger partial charge on any atom is 0.390 e. The second-order valence-corrected chi connectivity index (χ2v) is 6.21. The van der Waals surface area contributed by atoms with Crippen LogP contribution in [0, 0.1) is 0 Å². The van der Waals surface area contributed by atoms with Crippen molar-refractivity contribution in [2.24, 2.45) is 0 Å². The van der Waals surface area contributed by atoms with E-state index in [1.54, 1.807) is 0 Å². The number of aromatic nitrogens is 2. The fraction of sp³-hybridized carbons (Fsp3) is 0.429. The molecular formula is C14H16ClN2OS+. The fourth-order valence-electron chi connectivity index (χ4n) is 2.72. The van der Waals surface area contributed by atoms with E-state index >= 15 is 0 Å². The minimum atomic E-state index is -0.00195. The van der Waals surface area contributed by atoms with Gasteiger partial charge in [-0.25, -0.2) is 4.79 Å². The van der Waals surface area contributed by atoms with Crippen LogP contribution in [0.3, 0.4) is 0 Å². The van der Waals surface area contributed by atoms with E-state index in [9.17, 15) is 4.79 Å². The molecule has 0 radical (unpaired) electrons. The van der Waals surface area contributed by atoms with E-state index < -0.39 is 0 Å². The molecular weight excluding hydrogens is 280 g/mol. The third-order valence-corrected chi connectivity index (χ3v) is 4.90. The van der Waals surface area contributed by atoms with Crippen molar-refractivity contribution in [3.8, 4) is 11.3 Å². The zero-order valence-corrected chi connectivity index (χ0v) is 12.1. The number of hydrogen-bond acceptors (Lipinski definition) is 2. The number of rotatable bonds is 2. The number of nitrogens with zero attached hydrogens (tertiary/aromatic N) is 1. The van der Waals surface area contributed by atoms with Crippen molar-refractivity contribution in [2.75, 3.05) is 0 Å². The van der Waals surface area contributed by atoms with Crippen LogP contribution in [0.5, 0.6) is 0 Å². The SMILES string of the molecule is O=c1[nH]s[n+](C2CCCCC2)c1-c1ccc(Cl)cc1. The maximum atomic E-state index is 12.1. The van der Waals surface area contributed by atoms with Gasteiger partial charge in [0.05, 0.1) is 0 Å². The lowest BCUT2D eigenvalue weighted by Gasteiger charge is -2.18. The van der Waals surface area contributed by atoms with Gasteiger partial charge in [-0.05, 0) is 49.9 Å². The lowest BCUT2D eigenvalue weighted by atomic mass is 9.95. The second kappa shape index (κ2) is 5.47. The molecule has 1 fully saturated rings. The molecule has 3 nitrogen and oxygen atoms in total. The highest BCUT2D eigenvalue weighted by Gasteiger charge is 2.27. The summed E-state index contributed by atoms with van der Waals surface area (Å²) in [7, 11) is 0. The van der Waals surface area contributed by atoms with Gasteiger partial charge in [-0.2, -0.15) is 8.33 Å². The molecule has 0 unspecified atom stereocenters. The molecule has 0 bridgehead atoms. The first kappa shape index (κ1) is 12.9. The van der Waals surface area contributed by atoms with Crippen LogP contribution >= 0.6 is 23.3 Å². The van der Waals surface area contributed by atoms with E-state index in [0.29, 0.717) is 11.1 Å². The number of benzene rings is 1. The summed E-state index contributed by atoms with van der Waals surface area (Å²) in [6, 6.07) is 7.96. The summed E-state index contributed by atoms with van der Waals surface area (Å²) in [4.78, 5) is 12.1. The third kappa shape index (κ3) is 2.60. The maximum absolute atomic E-state index is 12.1. The summed E-state index contributed by atoms with van der Waals surface area (Å²) in [5, 5.41) is 0.694. The van der Waals surface area contributed by atoms with E-state index in [2.05, 4.69) is 8.33 Å². The molecule has 1 aromatic heterocycles. The first-order valence-corrected chi connectivity index (χ1v) is 7.80. The largest absolute Gasteiger partial charge is 0.390 e. The molecule has 1 aromatic carbocycles. The zero-order valence-electron chi connectivity index (χ0n) is 10.6. The Hall–Kier alpha value is -1.13. The monoisotopic (exact) mass is 295 g/mol. The van der Waals surface area contributed by atoms with Gasteiger partial charge in [-0.3, -0.25) is 0 Å². The Kier molecular flexibility index (Phi) is 3.71. The lowest BCUT2D eigenvalue weighted by Crippen LogP contribution is -2.40. The highest BCUT2D eigenvalue weighted by molar-refractivity contribution is 6.94. The number of hydrogen-bond donors (Lipinski definition) is 1. The van der Waals surface area contributed by atoms with Gasteiger partial charge in [0, 0.05) is 10.6 Å². The van der Waals surface area contributed by atoms with Crippen molar-refractivity contribution >= 4 is 23.3 Å². The highest BCUT2D eigenvalue weighted by atomic mass is 35.5. The standard InChI is InChI=1S/C14H15ClN2OS/c15-11-8-6-10(7-9-11)13-14(18)16-19-17(13)12-4-2-1-3-5-12/h6-9,12H,1-5H2/p+1. The van der Waals surface area contributed by atoms with Gasteiger partial charge in [0.25, 0.3) is 0 Å². The fourth-order valence-corrected chi connectivity index (χ4v) is 3.77. The highest BCUT2D eigenvalue weighted by Crippen LogP contribution is 2.26. The van der Waals surface area contributed by atoms with Crippen molar-refractivity contribution in [3.05, 3.63) is 39.6 Å². The molecule has 1 saturated carbocycles. The molecule has 1 N–H and O–H groups in total. The van der Waals surface area contributed by atoms with Crippen molar-refractivity contribution in [2.45, 2.75) is 38.1 Å². The Balaban J connectivity index is 2.02. The van der Waals surface area contributed by atoms with Gasteiger partial charge in [0.15, 0.2) is 0 Å². The average Bonchev–Trinajstić information content (AvgIpc) is 2.83. The first-order valence-electron chi connectivity index (χ1n) is 6.65. The number of aromatic amines is 1. The van der Waals surface area contributed by atoms with Gasteiger partial charge in [0.2, 0.25) is 17.4 Å². The summed E-state index contributed by atoms with van der Waals surface area (Å²) in [6.07, 6.45) is 6.15. The van der Waals surface area contributed by atoms with Gasteiger partial charge >= 0.3 is 5.56 Å². The molecule has 0 spiro atoms. The quantitative estimate of drug-likeness (QED) is 0.845. The first-order chi connectivity index (χ1) is 9.25. The van der Waals surface area contributed by atoms with E-state index in [1.165, 1.54) is 43.8 Å². The van der Waals surface area contributed by atoms with Crippen LogP contribution in [0.1, 0.15) is 38.1 Å². The molecule has 5 heteroatoms. The lowest BCUT2D eigenvalue weighted by molar-refractivity contribution is -0.651. The van der Waals surface area contributed by atoms with E-state index in [4.69, 9.17) is 11.6 Å². The molecule has 1 aliphatic rings. The van der Waals surface area contributed by atoms with E-state index in [1.807, 2.05) is 24.3 Å². The molecule has 0 atom stereocenters. The van der Waals surface area contributed by atoms with Crippen LogP contribution in [0.25, 0.3) is 11.3 Å². The number of nitrogens with one attached hydrogen (secondary N) is 1. The van der Waals surface area contributed by atoms with Crippen LogP contribution in [-0.4, -0.2) is 4.37 Å². The Morgan fingerprint density at radius 3 is 2.53 bits per heavy atom. The molecule has 19 heavy (non-hydrogen) atoms. The summed E-state index contributed by atoms with van der Waals surface area (Å²) in [5.41, 5.74) is 1.71. The predicted octanol–water partition coefficient (Wildman–Crippen LogP) is 3.55. The van der Waals surface area contributed by atoms with Gasteiger partial charge in [-0.1, -0.05) is 18.0 Å². The molecule has 0 aliphatic heterocycles. The van der Waals surface area contributed by atoms with Crippen molar-refractivity contribution in [1.29, 1.82) is 0 Å². The number of halogens is 1. The smallest absolute Gasteiger partial charge is 0.235 e. The van der Waals surface area contributed by atoms with Crippen molar-refractivity contribution in [3.63, 3.8) is 0 Å². The number of H-pyrrole nitrogens is 1. The topological polar surface area (TPSA) is 36.7 Å². The van der Waals surface area contributed by atoms with E-state index in [0.717, 1.165) is 11.3 Å². The molecule has 2 aromatic rings. The van der Waals surface area contributed by atoms with E-state index in [-0.39, 0.29) is 5.56 Å². The molecule has 0 saturated heterocycles. The molecule has 1 aliphatic carbocycles. The Bertz CT molecular complexity index is 611. The zero-order chi connectivity index (χ0) is 13.2. The summed E-state index contributed by atoms with van der Waals surface area (Å²) in [5.74, 6) is 0. The molecule has 0 amide bonds. The van der Waals surface area contributed by atoms with Crippen LogP contribution < -0.4 is 9.52 Å². The van der Waals surface area contributed by atoms with Crippen molar-refractivity contribution in [1.82, 2.24) is 4.37 Å². The van der Waals surface area contributed by atoms with Crippen LogP contribution in [0.2, 0.25) is 5.02 Å². The van der Waals surface area contributed by atoms with Crippen LogP contribution in [0.4, 0.5) is 0 Å². The second-order valence-electron chi connectivity index (χ2n) is 5.00. The minimum Gasteiger partial charge on any atom is -0.235 e. The Morgan fingerprint density at radius 2 is 1.84 bits per heavy atom. The third-order valence-electron chi connectivity index (χ3n) is 3.70. The van der Waals surface area contributed by atoms with Gasteiger partial charge in [-0.15, -0.1) is 0 Å². The van der Waals surface area contributed by atoms with Crippen LogP contribution in [0.15, 0.2) is 29.1 Å². The van der Waals surface area contributed by atoms with Gasteiger partial charge in [0.1, 0.15) is 6.04 Å². The van der Waals surface area contributed by atoms with Gasteiger partial charge < -0.3 is 0 Å². The molecule has 100 valence electrons. The predicted molar refractivity (Wildman–Crippen MR) is 77.7 cm³/mol. The Morgan fingerprint density at radius 1 is 1.16 bits per heavy atom.